The summed E-state index contributed by atoms with van der Waals surface area (Å²) >= 11 is 0. The van der Waals surface area contributed by atoms with Crippen molar-refractivity contribution in [1.82, 2.24) is 4.90 Å². The molecule has 0 bridgehead atoms. The first kappa shape index (κ1) is 13.2. The van der Waals surface area contributed by atoms with Crippen molar-refractivity contribution in [2.45, 2.75) is 32.1 Å². The van der Waals surface area contributed by atoms with Gasteiger partial charge in [0.1, 0.15) is 0 Å². The number of anilines is 1. The van der Waals surface area contributed by atoms with Crippen molar-refractivity contribution in [2.75, 3.05) is 18.4 Å². The minimum Gasteiger partial charge on any atom is -0.339 e. The van der Waals surface area contributed by atoms with Crippen LogP contribution in [0.4, 0.5) is 5.69 Å². The van der Waals surface area contributed by atoms with Gasteiger partial charge in [0, 0.05) is 19.0 Å². The molecule has 1 aromatic carbocycles. The molecule has 4 nitrogen and oxygen atoms in total. The highest BCUT2D eigenvalue weighted by molar-refractivity contribution is 6.04. The summed E-state index contributed by atoms with van der Waals surface area (Å²) in [5, 5.41) is 2.93. The topological polar surface area (TPSA) is 49.4 Å². The van der Waals surface area contributed by atoms with E-state index in [1.165, 1.54) is 0 Å². The van der Waals surface area contributed by atoms with Crippen LogP contribution in [0.15, 0.2) is 24.3 Å². The smallest absolute Gasteiger partial charge is 0.255 e. The van der Waals surface area contributed by atoms with Gasteiger partial charge in [0.05, 0.1) is 11.3 Å². The van der Waals surface area contributed by atoms with Crippen LogP contribution in [0.25, 0.3) is 0 Å². The number of carbonyl (C=O) groups is 2. The van der Waals surface area contributed by atoms with Crippen LogP contribution in [0.5, 0.6) is 0 Å². The van der Waals surface area contributed by atoms with Crippen molar-refractivity contribution >= 4 is 17.5 Å². The molecule has 2 fully saturated rings. The Kier molecular flexibility index (Phi) is 3.72. The lowest BCUT2D eigenvalue weighted by Crippen LogP contribution is -2.31. The highest BCUT2D eigenvalue weighted by Gasteiger charge is 2.27. The van der Waals surface area contributed by atoms with Gasteiger partial charge in [-0.05, 0) is 37.8 Å². The molecule has 1 saturated carbocycles. The molecule has 0 unspecified atom stereocenters. The number of carbonyl (C=O) groups excluding carboxylic acids is 2. The number of benzene rings is 1. The van der Waals surface area contributed by atoms with E-state index in [4.69, 9.17) is 0 Å². The second-order valence-corrected chi connectivity index (χ2v) is 5.66. The number of hydrogen-bond donors (Lipinski definition) is 1. The minimum atomic E-state index is 0.0343. The zero-order valence-electron chi connectivity index (χ0n) is 11.6. The van der Waals surface area contributed by atoms with Crippen LogP contribution in [0.1, 0.15) is 42.5 Å². The van der Waals surface area contributed by atoms with E-state index in [9.17, 15) is 9.59 Å². The Morgan fingerprint density at radius 1 is 1.05 bits per heavy atom. The molecule has 1 N–H and O–H groups in total. The Morgan fingerprint density at radius 2 is 1.75 bits per heavy atom. The van der Waals surface area contributed by atoms with Crippen LogP contribution >= 0.6 is 0 Å². The summed E-state index contributed by atoms with van der Waals surface area (Å²) in [6, 6.07) is 7.33. The Hall–Kier alpha value is -1.84. The van der Waals surface area contributed by atoms with Gasteiger partial charge >= 0.3 is 0 Å². The average Bonchev–Trinajstić information content (AvgIpc) is 2.90. The molecule has 20 heavy (non-hydrogen) atoms. The van der Waals surface area contributed by atoms with Crippen molar-refractivity contribution in [3.63, 3.8) is 0 Å². The van der Waals surface area contributed by atoms with Crippen molar-refractivity contribution in [3.8, 4) is 0 Å². The highest BCUT2D eigenvalue weighted by atomic mass is 16.2. The van der Waals surface area contributed by atoms with Crippen LogP contribution in [-0.4, -0.2) is 29.8 Å². The number of hydrogen-bond acceptors (Lipinski definition) is 2. The van der Waals surface area contributed by atoms with Gasteiger partial charge in [0.25, 0.3) is 5.91 Å². The van der Waals surface area contributed by atoms with E-state index in [2.05, 4.69) is 5.32 Å². The molecule has 0 spiro atoms. The number of amides is 2. The molecule has 4 heteroatoms. The summed E-state index contributed by atoms with van der Waals surface area (Å²) in [5.41, 5.74) is 1.27. The van der Waals surface area contributed by atoms with Crippen LogP contribution in [0, 0.1) is 5.92 Å². The van der Waals surface area contributed by atoms with Crippen LogP contribution in [0.3, 0.4) is 0 Å². The fourth-order valence-electron chi connectivity index (χ4n) is 2.77. The molecule has 0 aromatic heterocycles. The molecule has 2 amide bonds. The van der Waals surface area contributed by atoms with E-state index in [1.54, 1.807) is 6.07 Å². The molecule has 1 saturated heterocycles. The lowest BCUT2D eigenvalue weighted by atomic mass is 9.85. The van der Waals surface area contributed by atoms with Crippen molar-refractivity contribution in [1.29, 1.82) is 0 Å². The lowest BCUT2D eigenvalue weighted by molar-refractivity contribution is -0.122. The third-order valence-electron chi connectivity index (χ3n) is 4.28. The fourth-order valence-corrected chi connectivity index (χ4v) is 2.77. The summed E-state index contributed by atoms with van der Waals surface area (Å²) in [5.74, 6) is 0.217. The summed E-state index contributed by atoms with van der Waals surface area (Å²) in [6.45, 7) is 1.65. The maximum absolute atomic E-state index is 12.5. The monoisotopic (exact) mass is 272 g/mol. The fraction of sp³-hybridized carbons (Fsp3) is 0.500. The molecule has 106 valence electrons. The number of rotatable bonds is 3. The van der Waals surface area contributed by atoms with E-state index in [0.29, 0.717) is 11.3 Å². The number of nitrogens with zero attached hydrogens (tertiary/aromatic N) is 1. The van der Waals surface area contributed by atoms with Crippen molar-refractivity contribution in [2.24, 2.45) is 5.92 Å². The summed E-state index contributed by atoms with van der Waals surface area (Å²) in [4.78, 5) is 26.4. The largest absolute Gasteiger partial charge is 0.339 e. The van der Waals surface area contributed by atoms with Crippen LogP contribution in [-0.2, 0) is 4.79 Å². The molecule has 1 aromatic rings. The average molecular weight is 272 g/mol. The molecule has 1 aliphatic carbocycles. The molecular weight excluding hydrogens is 252 g/mol. The summed E-state index contributed by atoms with van der Waals surface area (Å²) in [7, 11) is 0. The third kappa shape index (κ3) is 2.55. The van der Waals surface area contributed by atoms with E-state index in [-0.39, 0.29) is 17.7 Å². The third-order valence-corrected chi connectivity index (χ3v) is 4.28. The Labute approximate surface area is 119 Å². The Bertz CT molecular complexity index is 517. The second kappa shape index (κ2) is 5.65. The predicted molar refractivity (Wildman–Crippen MR) is 77.6 cm³/mol. The first-order valence-electron chi connectivity index (χ1n) is 7.45. The molecule has 3 rings (SSSR count). The summed E-state index contributed by atoms with van der Waals surface area (Å²) < 4.78 is 0. The van der Waals surface area contributed by atoms with Crippen LogP contribution < -0.4 is 5.32 Å². The highest BCUT2D eigenvalue weighted by Crippen LogP contribution is 2.28. The number of para-hydroxylation sites is 1. The van der Waals surface area contributed by atoms with E-state index in [0.717, 1.165) is 45.2 Å². The zero-order chi connectivity index (χ0) is 13.9. The van der Waals surface area contributed by atoms with Crippen molar-refractivity contribution in [3.05, 3.63) is 29.8 Å². The Balaban J connectivity index is 1.76. The normalized spacial score (nSPS) is 18.7. The molecular formula is C16H20N2O2. The van der Waals surface area contributed by atoms with Gasteiger partial charge in [0.2, 0.25) is 5.91 Å². The minimum absolute atomic E-state index is 0.0343. The first-order chi connectivity index (χ1) is 9.75. The van der Waals surface area contributed by atoms with Gasteiger partial charge in [-0.2, -0.15) is 0 Å². The standard InChI is InChI=1S/C16H20N2O2/c19-15(12-6-5-7-12)17-14-9-2-1-8-13(14)16(20)18-10-3-4-11-18/h1-2,8-9,12H,3-7,10-11H2,(H,17,19). The van der Waals surface area contributed by atoms with Gasteiger partial charge in [-0.3, -0.25) is 9.59 Å². The van der Waals surface area contributed by atoms with E-state index in [1.807, 2.05) is 23.1 Å². The van der Waals surface area contributed by atoms with Crippen LogP contribution in [0.2, 0.25) is 0 Å². The molecule has 0 atom stereocenters. The van der Waals surface area contributed by atoms with Crippen molar-refractivity contribution < 1.29 is 9.59 Å². The predicted octanol–water partition coefficient (Wildman–Crippen LogP) is 2.66. The van der Waals surface area contributed by atoms with Gasteiger partial charge < -0.3 is 10.2 Å². The van der Waals surface area contributed by atoms with E-state index >= 15 is 0 Å². The van der Waals surface area contributed by atoms with Gasteiger partial charge in [-0.25, -0.2) is 0 Å². The maximum atomic E-state index is 12.5. The second-order valence-electron chi connectivity index (χ2n) is 5.66. The van der Waals surface area contributed by atoms with Gasteiger partial charge in [-0.1, -0.05) is 18.6 Å². The van der Waals surface area contributed by atoms with Gasteiger partial charge in [0.15, 0.2) is 0 Å². The molecule has 1 aliphatic heterocycles. The Morgan fingerprint density at radius 3 is 2.40 bits per heavy atom. The molecule has 1 heterocycles. The first-order valence-corrected chi connectivity index (χ1v) is 7.45. The molecule has 0 radical (unpaired) electrons. The van der Waals surface area contributed by atoms with E-state index < -0.39 is 0 Å². The quantitative estimate of drug-likeness (QED) is 0.919. The lowest BCUT2D eigenvalue weighted by Gasteiger charge is -2.25. The SMILES string of the molecule is O=C(Nc1ccccc1C(=O)N1CCCC1)C1CCC1. The van der Waals surface area contributed by atoms with Gasteiger partial charge in [-0.15, -0.1) is 0 Å². The summed E-state index contributed by atoms with van der Waals surface area (Å²) in [6.07, 6.45) is 5.21. The maximum Gasteiger partial charge on any atom is 0.255 e. The zero-order valence-corrected chi connectivity index (χ0v) is 11.6. The number of nitrogens with one attached hydrogen (secondary N) is 1. The molecule has 2 aliphatic rings. The number of likely N-dealkylation sites (tertiary alicyclic amines) is 1.